The highest BCUT2D eigenvalue weighted by Gasteiger charge is 2.33. The number of hydrogen-bond acceptors (Lipinski definition) is 7. The van der Waals surface area contributed by atoms with Gasteiger partial charge >= 0.3 is 0 Å². The molecular weight excluding hydrogens is 404 g/mol. The number of nitrogens with zero attached hydrogens (tertiary/aromatic N) is 4. The number of hydrogen-bond donors (Lipinski definition) is 2. The van der Waals surface area contributed by atoms with Crippen LogP contribution in [0.4, 0.5) is 0 Å². The molecule has 2 aliphatic heterocycles. The quantitative estimate of drug-likeness (QED) is 0.521. The monoisotopic (exact) mass is 430 g/mol. The molecule has 0 bridgehead atoms. The van der Waals surface area contributed by atoms with Crippen LogP contribution in [0.2, 0.25) is 5.02 Å². The molecule has 0 aliphatic carbocycles. The van der Waals surface area contributed by atoms with Crippen molar-refractivity contribution in [3.8, 4) is 11.9 Å². The lowest BCUT2D eigenvalue weighted by Gasteiger charge is -2.34. The highest BCUT2D eigenvalue weighted by molar-refractivity contribution is 6.30. The Morgan fingerprint density at radius 3 is 2.63 bits per heavy atom. The molecule has 2 fully saturated rings. The number of nitriles is 1. The van der Waals surface area contributed by atoms with Crippen molar-refractivity contribution in [2.45, 2.75) is 19.3 Å². The van der Waals surface area contributed by atoms with E-state index in [9.17, 15) is 4.79 Å². The van der Waals surface area contributed by atoms with Gasteiger partial charge in [0.25, 0.3) is 0 Å². The second-order valence-electron chi connectivity index (χ2n) is 7.65. The predicted molar refractivity (Wildman–Crippen MR) is 114 cm³/mol. The van der Waals surface area contributed by atoms with E-state index in [1.807, 2.05) is 15.9 Å². The predicted octanol–water partition coefficient (Wildman–Crippen LogP) is 1.84. The molecule has 2 saturated heterocycles. The Balaban J connectivity index is 1.43. The molecule has 0 spiro atoms. The fourth-order valence-corrected chi connectivity index (χ4v) is 3.89. The Morgan fingerprint density at radius 1 is 1.23 bits per heavy atom. The maximum Gasteiger partial charge on any atom is 0.225 e. The maximum absolute atomic E-state index is 12.9. The lowest BCUT2D eigenvalue weighted by molar-refractivity contribution is -0.136. The third kappa shape index (κ3) is 5.80. The normalized spacial score (nSPS) is 20.9. The van der Waals surface area contributed by atoms with Crippen LogP contribution in [0.15, 0.2) is 42.0 Å². The van der Waals surface area contributed by atoms with Gasteiger partial charge in [-0.3, -0.25) is 4.79 Å². The number of likely N-dealkylation sites (tertiary alicyclic amines) is 2. The van der Waals surface area contributed by atoms with Gasteiger partial charge in [0.15, 0.2) is 0 Å². The summed E-state index contributed by atoms with van der Waals surface area (Å²) in [6, 6.07) is 5.35. The minimum atomic E-state index is 0.0198. The Kier molecular flexibility index (Phi) is 7.41. The number of carbonyl (C=O) groups excluding carboxylic acids is 1. The number of carbonyl (C=O) groups is 1. The number of amides is 1. The summed E-state index contributed by atoms with van der Waals surface area (Å²) >= 11 is 5.83. The number of ether oxygens (including phenoxy) is 1. The first kappa shape index (κ1) is 21.8. The molecule has 0 aromatic carbocycles. The Labute approximate surface area is 181 Å². The van der Waals surface area contributed by atoms with E-state index in [0.717, 1.165) is 25.8 Å². The van der Waals surface area contributed by atoms with Crippen LogP contribution in [0.5, 0.6) is 5.88 Å². The molecule has 3 rings (SSSR count). The summed E-state index contributed by atoms with van der Waals surface area (Å²) < 4.78 is 5.74. The number of piperidine rings is 1. The molecule has 4 N–H and O–H groups in total. The number of rotatable bonds is 6. The van der Waals surface area contributed by atoms with Gasteiger partial charge in [-0.2, -0.15) is 5.26 Å². The molecule has 0 radical (unpaired) electrons. The molecule has 3 heterocycles. The van der Waals surface area contributed by atoms with Crippen LogP contribution < -0.4 is 16.2 Å². The summed E-state index contributed by atoms with van der Waals surface area (Å²) in [5.74, 6) is 1.66. The van der Waals surface area contributed by atoms with Crippen LogP contribution in [-0.2, 0) is 4.79 Å². The van der Waals surface area contributed by atoms with Crippen molar-refractivity contribution in [3.63, 3.8) is 0 Å². The Bertz CT molecular complexity index is 840. The average Bonchev–Trinajstić information content (AvgIpc) is 3.25. The summed E-state index contributed by atoms with van der Waals surface area (Å²) in [7, 11) is 0. The van der Waals surface area contributed by atoms with E-state index in [-0.39, 0.29) is 17.5 Å². The van der Waals surface area contributed by atoms with Crippen molar-refractivity contribution in [2.75, 3.05) is 32.8 Å². The minimum absolute atomic E-state index is 0.0198. The topological polar surface area (TPSA) is 121 Å². The summed E-state index contributed by atoms with van der Waals surface area (Å²) in [5.41, 5.74) is 11.6. The maximum atomic E-state index is 12.9. The molecule has 30 heavy (non-hydrogen) atoms. The van der Waals surface area contributed by atoms with Gasteiger partial charge in [-0.1, -0.05) is 11.6 Å². The third-order valence-electron chi connectivity index (χ3n) is 5.54. The van der Waals surface area contributed by atoms with Crippen molar-refractivity contribution in [1.29, 1.82) is 5.26 Å². The molecule has 160 valence electrons. The lowest BCUT2D eigenvalue weighted by atomic mass is 9.95. The molecule has 2 aliphatic rings. The zero-order chi connectivity index (χ0) is 21.5. The van der Waals surface area contributed by atoms with Gasteiger partial charge in [-0.15, -0.1) is 0 Å². The van der Waals surface area contributed by atoms with Gasteiger partial charge in [-0.25, -0.2) is 4.98 Å². The lowest BCUT2D eigenvalue weighted by Crippen LogP contribution is -2.42. The van der Waals surface area contributed by atoms with Gasteiger partial charge in [0.05, 0.1) is 17.5 Å². The number of nitrogens with two attached hydrogens (primary N) is 2. The zero-order valence-electron chi connectivity index (χ0n) is 16.8. The zero-order valence-corrected chi connectivity index (χ0v) is 17.6. The van der Waals surface area contributed by atoms with Crippen molar-refractivity contribution >= 4 is 17.5 Å². The van der Waals surface area contributed by atoms with Gasteiger partial charge in [-0.05, 0) is 37.5 Å². The van der Waals surface area contributed by atoms with Crippen LogP contribution in [-0.4, -0.2) is 53.5 Å². The van der Waals surface area contributed by atoms with Crippen molar-refractivity contribution in [1.82, 2.24) is 14.8 Å². The van der Waals surface area contributed by atoms with Crippen LogP contribution >= 0.6 is 11.6 Å². The summed E-state index contributed by atoms with van der Waals surface area (Å²) in [6.07, 6.45) is 7.15. The second-order valence-corrected chi connectivity index (χ2v) is 8.09. The molecule has 1 atom stereocenters. The summed E-state index contributed by atoms with van der Waals surface area (Å²) in [5, 5.41) is 9.27. The number of aromatic nitrogens is 1. The fourth-order valence-electron chi connectivity index (χ4n) is 3.78. The molecule has 1 amide bonds. The van der Waals surface area contributed by atoms with Gasteiger partial charge < -0.3 is 26.0 Å². The molecule has 1 aromatic rings. The van der Waals surface area contributed by atoms with E-state index in [4.69, 9.17) is 33.1 Å². The van der Waals surface area contributed by atoms with E-state index in [1.54, 1.807) is 24.4 Å². The van der Waals surface area contributed by atoms with E-state index >= 15 is 0 Å². The first-order valence-electron chi connectivity index (χ1n) is 10.1. The largest absolute Gasteiger partial charge is 0.477 e. The van der Waals surface area contributed by atoms with E-state index in [0.29, 0.717) is 48.9 Å². The summed E-state index contributed by atoms with van der Waals surface area (Å²) in [6.45, 7) is 3.44. The molecule has 8 nitrogen and oxygen atoms in total. The fraction of sp³-hybridized carbons (Fsp3) is 0.476. The number of allylic oxidation sites excluding steroid dienone is 3. The summed E-state index contributed by atoms with van der Waals surface area (Å²) in [4.78, 5) is 21.0. The Morgan fingerprint density at radius 2 is 1.97 bits per heavy atom. The molecule has 9 heteroatoms. The minimum Gasteiger partial charge on any atom is -0.477 e. The highest BCUT2D eigenvalue weighted by atomic mass is 35.5. The molecular formula is C21H27ClN6O2. The van der Waals surface area contributed by atoms with E-state index in [2.05, 4.69) is 4.98 Å². The first-order chi connectivity index (χ1) is 14.5. The van der Waals surface area contributed by atoms with Crippen LogP contribution in [0, 0.1) is 23.2 Å². The van der Waals surface area contributed by atoms with Gasteiger partial charge in [0, 0.05) is 50.3 Å². The van der Waals surface area contributed by atoms with Gasteiger partial charge in [0.2, 0.25) is 11.8 Å². The van der Waals surface area contributed by atoms with Crippen molar-refractivity contribution in [2.24, 2.45) is 23.3 Å². The molecule has 0 saturated carbocycles. The smallest absolute Gasteiger partial charge is 0.225 e. The number of pyridine rings is 1. The van der Waals surface area contributed by atoms with Crippen molar-refractivity contribution in [3.05, 3.63) is 47.0 Å². The average molecular weight is 431 g/mol. The Hall–Kier alpha value is -2.92. The van der Waals surface area contributed by atoms with E-state index < -0.39 is 0 Å². The standard InChI is InChI=1S/C21H27ClN6O2/c22-17-1-4-20(26-12-17)30-14-15-5-8-28(13-15)21(29)16-6-9-27(10-7-16)19(25)3-2-18(24)11-23/h1-4,12,15-16H,5-10,13-14,24-25H2/b18-2-,19-3+. The van der Waals surface area contributed by atoms with Gasteiger partial charge in [0.1, 0.15) is 11.8 Å². The molecule has 1 aromatic heterocycles. The highest BCUT2D eigenvalue weighted by Crippen LogP contribution is 2.25. The van der Waals surface area contributed by atoms with Crippen LogP contribution in [0.3, 0.4) is 0 Å². The molecule has 1 unspecified atom stereocenters. The van der Waals surface area contributed by atoms with Crippen molar-refractivity contribution < 1.29 is 9.53 Å². The third-order valence-corrected chi connectivity index (χ3v) is 5.76. The van der Waals surface area contributed by atoms with Crippen LogP contribution in [0.25, 0.3) is 0 Å². The SMILES string of the molecule is N#C/C(N)=C/C=C(\N)N1CCC(C(=O)N2CCC(COc3ccc(Cl)cn3)C2)CC1. The number of halogens is 1. The van der Waals surface area contributed by atoms with Crippen LogP contribution in [0.1, 0.15) is 19.3 Å². The first-order valence-corrected chi connectivity index (χ1v) is 10.4. The second kappa shape index (κ2) is 10.2. The van der Waals surface area contributed by atoms with E-state index in [1.165, 1.54) is 6.08 Å².